The van der Waals surface area contributed by atoms with E-state index in [1.165, 1.54) is 19.5 Å². The second-order valence-electron chi connectivity index (χ2n) is 6.90. The average Bonchev–Trinajstić information content (AvgIpc) is 3.22. The van der Waals surface area contributed by atoms with Crippen LogP contribution in [0.3, 0.4) is 0 Å². The smallest absolute Gasteiger partial charge is 0.288 e. The van der Waals surface area contributed by atoms with Crippen molar-refractivity contribution < 1.29 is 13.5 Å². The Labute approximate surface area is 171 Å². The van der Waals surface area contributed by atoms with Gasteiger partial charge in [-0.2, -0.15) is 5.10 Å². The van der Waals surface area contributed by atoms with Crippen molar-refractivity contribution in [3.05, 3.63) is 53.6 Å². The van der Waals surface area contributed by atoms with Crippen LogP contribution < -0.4 is 15.4 Å². The van der Waals surface area contributed by atoms with Gasteiger partial charge in [0.1, 0.15) is 5.75 Å². The molecule has 0 saturated carbocycles. The number of nitrogens with zero attached hydrogens (tertiary/aromatic N) is 4. The molecule has 1 aliphatic heterocycles. The first kappa shape index (κ1) is 19.7. The topological polar surface area (TPSA) is 92.1 Å². The first-order chi connectivity index (χ1) is 14.5. The van der Waals surface area contributed by atoms with Gasteiger partial charge in [0.15, 0.2) is 17.8 Å². The molecule has 3 N–H and O–H groups in total. The fourth-order valence-corrected chi connectivity index (χ4v) is 3.49. The van der Waals surface area contributed by atoms with Gasteiger partial charge in [-0.25, -0.2) is 13.8 Å². The van der Waals surface area contributed by atoms with E-state index in [1.54, 1.807) is 24.3 Å². The lowest BCUT2D eigenvalue weighted by molar-refractivity contribution is -0.0420. The van der Waals surface area contributed by atoms with Gasteiger partial charge in [-0.05, 0) is 30.7 Å². The van der Waals surface area contributed by atoms with Crippen LogP contribution in [0.25, 0.3) is 16.1 Å². The quantitative estimate of drug-likeness (QED) is 0.552. The van der Waals surface area contributed by atoms with Crippen LogP contribution in [0.2, 0.25) is 0 Å². The van der Waals surface area contributed by atoms with E-state index in [1.807, 2.05) is 0 Å². The zero-order valence-corrected chi connectivity index (χ0v) is 16.1. The number of hydrogen-bond acceptors (Lipinski definition) is 6. The summed E-state index contributed by atoms with van der Waals surface area (Å²) in [6.07, 6.45) is 3.17. The number of hydrogen-bond donors (Lipinski definition) is 3. The molecule has 0 bridgehead atoms. The Morgan fingerprint density at radius 3 is 2.80 bits per heavy atom. The molecule has 0 radical (unpaired) electrons. The summed E-state index contributed by atoms with van der Waals surface area (Å²) in [5.74, 6) is -2.04. The predicted molar refractivity (Wildman–Crippen MR) is 107 cm³/mol. The van der Waals surface area contributed by atoms with Crippen molar-refractivity contribution in [2.75, 3.05) is 25.5 Å². The van der Waals surface area contributed by atoms with Gasteiger partial charge in [-0.15, -0.1) is 4.98 Å². The number of ether oxygens (including phenoxy) is 1. The monoisotopic (exact) mass is 411 g/mol. The van der Waals surface area contributed by atoms with E-state index >= 15 is 0 Å². The summed E-state index contributed by atoms with van der Waals surface area (Å²) in [6, 6.07) is 6.89. The van der Waals surface area contributed by atoms with Gasteiger partial charge in [0.05, 0.1) is 31.5 Å². The van der Waals surface area contributed by atoms with Crippen molar-refractivity contribution >= 4 is 17.5 Å². The van der Waals surface area contributed by atoms with Crippen LogP contribution in [0.1, 0.15) is 17.9 Å². The molecule has 1 atom stereocenters. The van der Waals surface area contributed by atoms with Gasteiger partial charge in [0, 0.05) is 11.6 Å². The van der Waals surface area contributed by atoms with Gasteiger partial charge in [0.25, 0.3) is 11.7 Å². The van der Waals surface area contributed by atoms with Crippen LogP contribution in [-0.4, -0.2) is 46.3 Å². The predicted octanol–water partition coefficient (Wildman–Crippen LogP) is 3.88. The highest BCUT2D eigenvalue weighted by Gasteiger charge is 2.42. The van der Waals surface area contributed by atoms with Crippen molar-refractivity contribution in [1.82, 2.24) is 25.5 Å². The fourth-order valence-electron chi connectivity index (χ4n) is 3.49. The Morgan fingerprint density at radius 2 is 2.10 bits per heavy atom. The molecule has 1 saturated heterocycles. The van der Waals surface area contributed by atoms with Crippen LogP contribution in [-0.2, 0) is 0 Å². The van der Waals surface area contributed by atoms with Gasteiger partial charge >= 0.3 is 0 Å². The highest BCUT2D eigenvalue weighted by molar-refractivity contribution is 5.71. The number of aromatic amines is 1. The van der Waals surface area contributed by atoms with Crippen LogP contribution in [0.4, 0.5) is 26.2 Å². The highest BCUT2D eigenvalue weighted by Crippen LogP contribution is 2.41. The summed E-state index contributed by atoms with van der Waals surface area (Å²) >= 11 is 0. The van der Waals surface area contributed by atoms with Crippen molar-refractivity contribution in [1.29, 1.82) is 0 Å². The number of alkyl halides is 2. The van der Waals surface area contributed by atoms with E-state index in [4.69, 9.17) is 11.3 Å². The second kappa shape index (κ2) is 8.04. The summed E-state index contributed by atoms with van der Waals surface area (Å²) in [5.41, 5.74) is 1.91. The molecule has 3 aromatic rings. The maximum atomic E-state index is 14.3. The number of methoxy groups -OCH3 is 1. The van der Waals surface area contributed by atoms with Crippen molar-refractivity contribution in [3.8, 4) is 17.0 Å². The zero-order chi connectivity index (χ0) is 21.1. The average molecular weight is 411 g/mol. The Kier molecular flexibility index (Phi) is 5.29. The minimum absolute atomic E-state index is 0.201. The van der Waals surface area contributed by atoms with Gasteiger partial charge in [-0.3, -0.25) is 5.10 Å². The lowest BCUT2D eigenvalue weighted by Crippen LogP contribution is -2.44. The molecule has 30 heavy (non-hydrogen) atoms. The Hall–Kier alpha value is -3.58. The Morgan fingerprint density at radius 1 is 1.23 bits per heavy atom. The van der Waals surface area contributed by atoms with Gasteiger partial charge in [-0.1, -0.05) is 12.6 Å². The van der Waals surface area contributed by atoms with Crippen molar-refractivity contribution in [3.63, 3.8) is 0 Å². The van der Waals surface area contributed by atoms with E-state index in [0.717, 1.165) is 0 Å². The normalized spacial score (nSPS) is 17.9. The van der Waals surface area contributed by atoms with Gasteiger partial charge < -0.3 is 20.2 Å². The molecule has 1 fully saturated rings. The molecular formula is C20H19F2N7O. The van der Waals surface area contributed by atoms with E-state index in [2.05, 4.69) is 35.6 Å². The van der Waals surface area contributed by atoms with Gasteiger partial charge in [0.2, 0.25) is 0 Å². The number of anilines is 2. The van der Waals surface area contributed by atoms with E-state index in [0.29, 0.717) is 47.2 Å². The third-order valence-electron chi connectivity index (χ3n) is 4.99. The number of H-pyrrole nitrogens is 1. The van der Waals surface area contributed by atoms with E-state index < -0.39 is 11.8 Å². The number of halogens is 2. The molecular weight excluding hydrogens is 392 g/mol. The summed E-state index contributed by atoms with van der Waals surface area (Å²) in [5, 5.41) is 12.8. The number of rotatable bonds is 5. The van der Waals surface area contributed by atoms with E-state index in [9.17, 15) is 8.78 Å². The highest BCUT2D eigenvalue weighted by atomic mass is 19.3. The summed E-state index contributed by atoms with van der Waals surface area (Å²) in [7, 11) is 1.51. The minimum atomic E-state index is -2.81. The van der Waals surface area contributed by atoms with Crippen LogP contribution in [0.5, 0.6) is 5.75 Å². The lowest BCUT2D eigenvalue weighted by Gasteiger charge is -2.32. The Balaban J connectivity index is 1.57. The fraction of sp³-hybridized carbons (Fsp3) is 0.300. The molecule has 1 unspecified atom stereocenters. The van der Waals surface area contributed by atoms with Crippen LogP contribution >= 0.6 is 0 Å². The largest absolute Gasteiger partial charge is 0.496 e. The van der Waals surface area contributed by atoms with Crippen molar-refractivity contribution in [2.45, 2.75) is 18.3 Å². The van der Waals surface area contributed by atoms with E-state index in [-0.39, 0.29) is 12.4 Å². The SMILES string of the molecule is [C-]#[N+]c1cnc(Nc2cc(-c3ccc(C4CCNCC4(F)F)cc3OC)[nH]n2)cn1. The lowest BCUT2D eigenvalue weighted by atomic mass is 9.86. The third-order valence-corrected chi connectivity index (χ3v) is 4.99. The molecule has 3 heterocycles. The molecule has 1 aliphatic rings. The summed E-state index contributed by atoms with van der Waals surface area (Å²) in [6.45, 7) is 7.14. The molecule has 8 nitrogen and oxygen atoms in total. The first-order valence-corrected chi connectivity index (χ1v) is 9.29. The number of benzene rings is 1. The number of nitrogens with one attached hydrogen (secondary N) is 3. The molecule has 0 amide bonds. The van der Waals surface area contributed by atoms with Crippen molar-refractivity contribution in [2.24, 2.45) is 0 Å². The number of piperidine rings is 1. The zero-order valence-electron chi connectivity index (χ0n) is 16.1. The first-order valence-electron chi connectivity index (χ1n) is 9.29. The molecule has 4 rings (SSSR count). The summed E-state index contributed by atoms with van der Waals surface area (Å²) < 4.78 is 34.1. The number of aromatic nitrogens is 4. The molecule has 2 aromatic heterocycles. The standard InChI is InChI=1S/C20H19F2N7O/c1-23-18-9-26-19(10-25-18)27-17-8-15(28-29-17)13-4-3-12(7-16(13)30-2)14-5-6-24-11-20(14,21)22/h3-4,7-10,14,24H,5-6,11H2,2H3,(H2,26,27,28,29). The third kappa shape index (κ3) is 3.92. The maximum absolute atomic E-state index is 14.3. The summed E-state index contributed by atoms with van der Waals surface area (Å²) in [4.78, 5) is 11.2. The molecule has 0 spiro atoms. The van der Waals surface area contributed by atoms with Crippen LogP contribution in [0, 0.1) is 6.57 Å². The maximum Gasteiger partial charge on any atom is 0.288 e. The second-order valence-corrected chi connectivity index (χ2v) is 6.90. The molecule has 154 valence electrons. The molecule has 1 aromatic carbocycles. The van der Waals surface area contributed by atoms with Crippen LogP contribution in [0.15, 0.2) is 36.7 Å². The molecule has 10 heteroatoms. The Bertz CT molecular complexity index is 1080. The minimum Gasteiger partial charge on any atom is -0.496 e. The molecule has 0 aliphatic carbocycles.